The quantitative estimate of drug-likeness (QED) is 0.437. The van der Waals surface area contributed by atoms with Gasteiger partial charge in [0.2, 0.25) is 0 Å². The lowest BCUT2D eigenvalue weighted by atomic mass is 10.3. The van der Waals surface area contributed by atoms with Gasteiger partial charge in [0, 0.05) is 13.3 Å². The van der Waals surface area contributed by atoms with Gasteiger partial charge in [-0.1, -0.05) is 0 Å². The Bertz CT molecular complexity index is 311. The summed E-state index contributed by atoms with van der Waals surface area (Å²) < 4.78 is 12.5. The summed E-state index contributed by atoms with van der Waals surface area (Å²) in [4.78, 5) is 6.66. The molecule has 0 aromatic carbocycles. The van der Waals surface area contributed by atoms with Crippen molar-refractivity contribution in [2.75, 3.05) is 18.1 Å². The fraction of sp³-hybridized carbons (Fsp3) is 0.167. The van der Waals surface area contributed by atoms with Crippen molar-refractivity contribution in [1.82, 2.24) is 9.97 Å². The van der Waals surface area contributed by atoms with Crippen molar-refractivity contribution < 1.29 is 4.39 Å². The molecule has 0 aliphatic rings. The fourth-order valence-corrected chi connectivity index (χ4v) is 0.791. The van der Waals surface area contributed by atoms with Crippen LogP contribution >= 0.6 is 0 Å². The van der Waals surface area contributed by atoms with Crippen LogP contribution in [-0.2, 0) is 0 Å². The Hall–Kier alpha value is -1.72. The predicted octanol–water partition coefficient (Wildman–Crippen LogP) is 0.237. The maximum atomic E-state index is 12.5. The third-order valence-corrected chi connectivity index (χ3v) is 1.33. The number of anilines is 2. The predicted molar refractivity (Wildman–Crippen MR) is 43.8 cm³/mol. The van der Waals surface area contributed by atoms with Crippen molar-refractivity contribution in [2.45, 2.75) is 0 Å². The highest BCUT2D eigenvalue weighted by molar-refractivity contribution is 5.89. The SMILES string of the molecule is CNc1nc(F)nc(N)c1C=N. The zero-order valence-electron chi connectivity index (χ0n) is 6.43. The number of aromatic nitrogens is 2. The van der Waals surface area contributed by atoms with Gasteiger partial charge in [-0.15, -0.1) is 0 Å². The van der Waals surface area contributed by atoms with E-state index in [1.54, 1.807) is 7.05 Å². The van der Waals surface area contributed by atoms with Crippen LogP contribution in [0.3, 0.4) is 0 Å². The molecule has 0 saturated carbocycles. The minimum absolute atomic E-state index is 0.0400. The van der Waals surface area contributed by atoms with Gasteiger partial charge in [-0.3, -0.25) is 0 Å². The lowest BCUT2D eigenvalue weighted by Crippen LogP contribution is -2.07. The summed E-state index contributed by atoms with van der Waals surface area (Å²) in [5.41, 5.74) is 5.62. The third-order valence-electron chi connectivity index (χ3n) is 1.33. The van der Waals surface area contributed by atoms with Crippen molar-refractivity contribution in [2.24, 2.45) is 0 Å². The zero-order chi connectivity index (χ0) is 9.14. The summed E-state index contributed by atoms with van der Waals surface area (Å²) in [6, 6.07) is 0. The maximum Gasteiger partial charge on any atom is 0.312 e. The first-order valence-corrected chi connectivity index (χ1v) is 3.20. The van der Waals surface area contributed by atoms with Gasteiger partial charge in [0.05, 0.1) is 5.56 Å². The maximum absolute atomic E-state index is 12.5. The Labute approximate surface area is 68.3 Å². The van der Waals surface area contributed by atoms with Crippen LogP contribution in [0.15, 0.2) is 0 Å². The Balaban J connectivity index is 3.33. The van der Waals surface area contributed by atoms with E-state index < -0.39 is 6.08 Å². The van der Waals surface area contributed by atoms with E-state index in [9.17, 15) is 4.39 Å². The molecule has 5 nitrogen and oxygen atoms in total. The summed E-state index contributed by atoms with van der Waals surface area (Å²) in [5, 5.41) is 9.56. The average molecular weight is 169 g/mol. The number of hydrogen-bond acceptors (Lipinski definition) is 5. The van der Waals surface area contributed by atoms with Gasteiger partial charge in [-0.25, -0.2) is 0 Å². The molecule has 0 spiro atoms. The molecule has 6 heteroatoms. The number of nitrogens with one attached hydrogen (secondary N) is 2. The fourth-order valence-electron chi connectivity index (χ4n) is 0.791. The van der Waals surface area contributed by atoms with Crippen molar-refractivity contribution in [3.05, 3.63) is 11.6 Å². The second-order valence-electron chi connectivity index (χ2n) is 2.03. The number of nitrogens with zero attached hydrogens (tertiary/aromatic N) is 2. The van der Waals surface area contributed by atoms with E-state index >= 15 is 0 Å². The van der Waals surface area contributed by atoms with Crippen LogP contribution in [0.2, 0.25) is 0 Å². The molecule has 1 heterocycles. The van der Waals surface area contributed by atoms with Gasteiger partial charge in [-0.2, -0.15) is 14.4 Å². The molecule has 0 radical (unpaired) electrons. The molecule has 0 atom stereocenters. The highest BCUT2D eigenvalue weighted by atomic mass is 19.1. The first kappa shape index (κ1) is 8.38. The second-order valence-corrected chi connectivity index (χ2v) is 2.03. The molecule has 12 heavy (non-hydrogen) atoms. The largest absolute Gasteiger partial charge is 0.383 e. The van der Waals surface area contributed by atoms with E-state index in [1.165, 1.54) is 0 Å². The van der Waals surface area contributed by atoms with Gasteiger partial charge in [0.1, 0.15) is 11.6 Å². The van der Waals surface area contributed by atoms with E-state index in [0.29, 0.717) is 5.56 Å². The molecule has 1 aromatic rings. The minimum atomic E-state index is -0.901. The smallest absolute Gasteiger partial charge is 0.312 e. The standard InChI is InChI=1S/C6H8FN5/c1-10-5-3(2-8)4(9)11-6(7)12-5/h2,8H,1H3,(H3,9,10,11,12). The molecular weight excluding hydrogens is 161 g/mol. The lowest BCUT2D eigenvalue weighted by molar-refractivity contribution is 0.542. The van der Waals surface area contributed by atoms with Crippen LogP contribution in [0.5, 0.6) is 0 Å². The number of nitrogens with two attached hydrogens (primary N) is 1. The number of hydrogen-bond donors (Lipinski definition) is 3. The van der Waals surface area contributed by atoms with Crippen LogP contribution < -0.4 is 11.1 Å². The van der Waals surface area contributed by atoms with Crippen LogP contribution in [-0.4, -0.2) is 23.2 Å². The van der Waals surface area contributed by atoms with Crippen LogP contribution in [0.4, 0.5) is 16.0 Å². The summed E-state index contributed by atoms with van der Waals surface area (Å²) in [5.74, 6) is 0.178. The molecule has 1 rings (SSSR count). The highest BCUT2D eigenvalue weighted by Crippen LogP contribution is 2.14. The van der Waals surface area contributed by atoms with Crippen LogP contribution in [0.25, 0.3) is 0 Å². The number of halogens is 1. The van der Waals surface area contributed by atoms with Crippen molar-refractivity contribution in [3.63, 3.8) is 0 Å². The zero-order valence-corrected chi connectivity index (χ0v) is 6.43. The summed E-state index contributed by atoms with van der Waals surface area (Å²) in [7, 11) is 1.56. The van der Waals surface area contributed by atoms with Gasteiger partial charge < -0.3 is 16.5 Å². The number of rotatable bonds is 2. The van der Waals surface area contributed by atoms with Crippen molar-refractivity contribution in [3.8, 4) is 0 Å². The van der Waals surface area contributed by atoms with E-state index in [1.807, 2.05) is 0 Å². The average Bonchev–Trinajstić information content (AvgIpc) is 2.03. The first-order chi connectivity index (χ1) is 5.69. The molecule has 0 aliphatic carbocycles. The Morgan fingerprint density at radius 3 is 2.75 bits per heavy atom. The monoisotopic (exact) mass is 169 g/mol. The van der Waals surface area contributed by atoms with Crippen LogP contribution in [0.1, 0.15) is 5.56 Å². The van der Waals surface area contributed by atoms with E-state index in [2.05, 4.69) is 15.3 Å². The molecule has 0 amide bonds. The summed E-state index contributed by atoms with van der Waals surface area (Å²) >= 11 is 0. The van der Waals surface area contributed by atoms with E-state index in [4.69, 9.17) is 11.1 Å². The minimum Gasteiger partial charge on any atom is -0.383 e. The second kappa shape index (κ2) is 3.12. The molecular formula is C6H8FN5. The summed E-state index contributed by atoms with van der Waals surface area (Å²) in [6.45, 7) is 0. The Kier molecular flexibility index (Phi) is 2.18. The van der Waals surface area contributed by atoms with E-state index in [0.717, 1.165) is 6.21 Å². The van der Waals surface area contributed by atoms with Crippen molar-refractivity contribution >= 4 is 17.9 Å². The topological polar surface area (TPSA) is 87.7 Å². The molecule has 0 unspecified atom stereocenters. The first-order valence-electron chi connectivity index (χ1n) is 3.20. The van der Waals surface area contributed by atoms with Gasteiger partial charge in [0.25, 0.3) is 0 Å². The third kappa shape index (κ3) is 1.31. The van der Waals surface area contributed by atoms with Gasteiger partial charge in [-0.05, 0) is 0 Å². The molecule has 64 valence electrons. The molecule has 1 aromatic heterocycles. The van der Waals surface area contributed by atoms with Crippen LogP contribution in [0, 0.1) is 11.5 Å². The van der Waals surface area contributed by atoms with E-state index in [-0.39, 0.29) is 11.6 Å². The Morgan fingerprint density at radius 1 is 1.58 bits per heavy atom. The number of nitrogen functional groups attached to an aromatic ring is 1. The molecule has 0 fully saturated rings. The normalized spacial score (nSPS) is 9.50. The van der Waals surface area contributed by atoms with Crippen molar-refractivity contribution in [1.29, 1.82) is 5.41 Å². The lowest BCUT2D eigenvalue weighted by Gasteiger charge is -2.04. The van der Waals surface area contributed by atoms with Gasteiger partial charge >= 0.3 is 6.08 Å². The molecule has 0 aliphatic heterocycles. The molecule has 0 bridgehead atoms. The molecule has 4 N–H and O–H groups in total. The van der Waals surface area contributed by atoms with Gasteiger partial charge in [0.15, 0.2) is 0 Å². The molecule has 0 saturated heterocycles. The summed E-state index contributed by atoms with van der Waals surface area (Å²) in [6.07, 6.45) is 0.0723. The highest BCUT2D eigenvalue weighted by Gasteiger charge is 2.07. The Morgan fingerprint density at radius 2 is 2.25 bits per heavy atom.